The number of halogens is 1. The fraction of sp³-hybridized carbons (Fsp3) is 0.0385. The zero-order valence-electron chi connectivity index (χ0n) is 17.7. The van der Waals surface area contributed by atoms with E-state index in [1.165, 1.54) is 23.5 Å². The van der Waals surface area contributed by atoms with Crippen molar-refractivity contribution in [1.82, 2.24) is 4.98 Å². The first-order chi connectivity index (χ1) is 16.3. The number of oxazole rings is 1. The SMILES string of the molecule is Cc1ccc(F)cc1C(=O)c1sc2cc(O)ccc2c1-c1ccc(-c2nc(C(=O)O)co2)cc1. The van der Waals surface area contributed by atoms with Crippen LogP contribution in [0.4, 0.5) is 4.39 Å². The van der Waals surface area contributed by atoms with E-state index in [9.17, 15) is 19.1 Å². The maximum Gasteiger partial charge on any atom is 0.357 e. The summed E-state index contributed by atoms with van der Waals surface area (Å²) in [6.07, 6.45) is 1.07. The second kappa shape index (κ2) is 8.24. The molecule has 0 unspecified atom stereocenters. The number of nitrogens with zero attached hydrogens (tertiary/aromatic N) is 1. The largest absolute Gasteiger partial charge is 0.508 e. The highest BCUT2D eigenvalue weighted by Crippen LogP contribution is 2.42. The third-order valence-electron chi connectivity index (χ3n) is 5.47. The van der Waals surface area contributed by atoms with Gasteiger partial charge in [0.15, 0.2) is 5.69 Å². The Kier molecular flexibility index (Phi) is 5.22. The number of carboxylic acid groups (broad SMARTS) is 1. The number of rotatable bonds is 5. The topological polar surface area (TPSA) is 101 Å². The average molecular weight is 473 g/mol. The van der Waals surface area contributed by atoms with Crippen LogP contribution in [0.1, 0.15) is 31.3 Å². The van der Waals surface area contributed by atoms with Gasteiger partial charge in [-0.25, -0.2) is 14.2 Å². The van der Waals surface area contributed by atoms with Crippen LogP contribution in [0.3, 0.4) is 0 Å². The molecule has 0 saturated heterocycles. The van der Waals surface area contributed by atoms with Crippen molar-refractivity contribution < 1.29 is 28.6 Å². The van der Waals surface area contributed by atoms with Crippen molar-refractivity contribution >= 4 is 33.2 Å². The van der Waals surface area contributed by atoms with Gasteiger partial charge >= 0.3 is 5.97 Å². The molecule has 6 nitrogen and oxygen atoms in total. The fourth-order valence-electron chi connectivity index (χ4n) is 3.78. The monoisotopic (exact) mass is 473 g/mol. The van der Waals surface area contributed by atoms with Crippen molar-refractivity contribution in [3.05, 3.63) is 94.4 Å². The molecule has 5 rings (SSSR count). The van der Waals surface area contributed by atoms with Gasteiger partial charge in [0.25, 0.3) is 0 Å². The summed E-state index contributed by atoms with van der Waals surface area (Å²) in [5, 5.41) is 19.8. The van der Waals surface area contributed by atoms with E-state index in [0.717, 1.165) is 21.9 Å². The minimum absolute atomic E-state index is 0.0784. The van der Waals surface area contributed by atoms with Gasteiger partial charge in [0.05, 0.1) is 4.88 Å². The number of phenolic OH excluding ortho intramolecular Hbond substituents is 1. The van der Waals surface area contributed by atoms with Crippen molar-refractivity contribution in [2.24, 2.45) is 0 Å². The number of aromatic carboxylic acids is 1. The lowest BCUT2D eigenvalue weighted by atomic mass is 9.96. The van der Waals surface area contributed by atoms with E-state index in [-0.39, 0.29) is 28.7 Å². The van der Waals surface area contributed by atoms with Crippen LogP contribution in [-0.4, -0.2) is 26.9 Å². The molecule has 0 spiro atoms. The third kappa shape index (κ3) is 3.74. The first-order valence-electron chi connectivity index (χ1n) is 10.2. The molecule has 2 aromatic heterocycles. The maximum absolute atomic E-state index is 13.9. The van der Waals surface area contributed by atoms with E-state index in [2.05, 4.69) is 4.98 Å². The quantitative estimate of drug-likeness (QED) is 0.290. The predicted molar refractivity (Wildman–Crippen MR) is 126 cm³/mol. The van der Waals surface area contributed by atoms with Crippen molar-refractivity contribution in [3.8, 4) is 28.3 Å². The van der Waals surface area contributed by atoms with Gasteiger partial charge in [0.2, 0.25) is 11.7 Å². The van der Waals surface area contributed by atoms with E-state index in [4.69, 9.17) is 9.52 Å². The van der Waals surface area contributed by atoms with Crippen LogP contribution in [0.5, 0.6) is 5.75 Å². The molecule has 0 aliphatic heterocycles. The average Bonchev–Trinajstić information content (AvgIpc) is 3.45. The smallest absolute Gasteiger partial charge is 0.357 e. The lowest BCUT2D eigenvalue weighted by molar-refractivity contribution is 0.0690. The molecule has 3 aromatic carbocycles. The molecular formula is C26H16FNO5S. The number of hydrogen-bond donors (Lipinski definition) is 2. The van der Waals surface area contributed by atoms with Crippen LogP contribution in [-0.2, 0) is 0 Å². The molecule has 2 heterocycles. The Hall–Kier alpha value is -4.30. The number of carbonyl (C=O) groups is 2. The number of phenols is 1. The second-order valence-electron chi connectivity index (χ2n) is 7.70. The normalized spacial score (nSPS) is 11.1. The molecule has 0 fully saturated rings. The van der Waals surface area contributed by atoms with Crippen molar-refractivity contribution in [2.45, 2.75) is 6.92 Å². The molecule has 0 aliphatic rings. The number of carbonyl (C=O) groups excluding carboxylic acids is 1. The summed E-state index contributed by atoms with van der Waals surface area (Å²) in [6, 6.07) is 16.0. The summed E-state index contributed by atoms with van der Waals surface area (Å²) >= 11 is 1.23. The van der Waals surface area contributed by atoms with Crippen LogP contribution >= 0.6 is 11.3 Å². The van der Waals surface area contributed by atoms with Gasteiger partial charge in [-0.15, -0.1) is 11.3 Å². The number of fused-ring (bicyclic) bond motifs is 1. The standard InChI is InChI=1S/C26H16FNO5S/c1-13-2-7-16(27)10-19(13)23(30)24-22(18-9-8-17(29)11-21(18)34-24)14-3-5-15(6-4-14)25-28-20(12-33-25)26(31)32/h2-12,29H,1H3,(H,31,32). The van der Waals surface area contributed by atoms with Crippen LogP contribution in [0, 0.1) is 12.7 Å². The lowest BCUT2D eigenvalue weighted by Crippen LogP contribution is -2.04. The number of ketones is 1. The summed E-state index contributed by atoms with van der Waals surface area (Å²) < 4.78 is 19.9. The van der Waals surface area contributed by atoms with Crippen molar-refractivity contribution in [1.29, 1.82) is 0 Å². The lowest BCUT2D eigenvalue weighted by Gasteiger charge is -2.08. The highest BCUT2D eigenvalue weighted by molar-refractivity contribution is 7.21. The van der Waals surface area contributed by atoms with E-state index < -0.39 is 11.8 Å². The molecule has 0 bridgehead atoms. The van der Waals surface area contributed by atoms with Gasteiger partial charge in [-0.1, -0.05) is 18.2 Å². The Morgan fingerprint density at radius 3 is 2.44 bits per heavy atom. The molecule has 0 saturated carbocycles. The number of aromatic nitrogens is 1. The molecule has 0 amide bonds. The summed E-state index contributed by atoms with van der Waals surface area (Å²) in [7, 11) is 0. The van der Waals surface area contributed by atoms with Crippen LogP contribution in [0.2, 0.25) is 0 Å². The highest BCUT2D eigenvalue weighted by atomic mass is 32.1. The number of benzene rings is 3. The van der Waals surface area contributed by atoms with Crippen LogP contribution in [0.25, 0.3) is 32.7 Å². The number of hydrogen-bond acceptors (Lipinski definition) is 6. The van der Waals surface area contributed by atoms with E-state index in [0.29, 0.717) is 21.6 Å². The summed E-state index contributed by atoms with van der Waals surface area (Å²) in [5.74, 6) is -1.75. The Morgan fingerprint density at radius 1 is 1.00 bits per heavy atom. The Labute approximate surface area is 196 Å². The van der Waals surface area contributed by atoms with E-state index in [1.54, 1.807) is 55.5 Å². The summed E-state index contributed by atoms with van der Waals surface area (Å²) in [4.78, 5) is 29.0. The van der Waals surface area contributed by atoms with Gasteiger partial charge < -0.3 is 14.6 Å². The summed E-state index contributed by atoms with van der Waals surface area (Å²) in [5.41, 5.74) is 2.70. The molecule has 2 N–H and O–H groups in total. The van der Waals surface area contributed by atoms with Gasteiger partial charge in [0, 0.05) is 26.8 Å². The number of aryl methyl sites for hydroxylation is 1. The maximum atomic E-state index is 13.9. The number of aromatic hydroxyl groups is 1. The van der Waals surface area contributed by atoms with Gasteiger partial charge in [0.1, 0.15) is 17.8 Å². The van der Waals surface area contributed by atoms with E-state index >= 15 is 0 Å². The molecule has 5 aromatic rings. The Bertz CT molecular complexity index is 1580. The van der Waals surface area contributed by atoms with Crippen molar-refractivity contribution in [3.63, 3.8) is 0 Å². The zero-order chi connectivity index (χ0) is 24.0. The Balaban J connectivity index is 1.64. The van der Waals surface area contributed by atoms with Crippen LogP contribution in [0.15, 0.2) is 71.3 Å². The molecule has 8 heteroatoms. The molecular weight excluding hydrogens is 457 g/mol. The first kappa shape index (κ1) is 21.5. The van der Waals surface area contributed by atoms with E-state index in [1.807, 2.05) is 0 Å². The number of thiophene rings is 1. The molecule has 34 heavy (non-hydrogen) atoms. The fourth-order valence-corrected chi connectivity index (χ4v) is 4.99. The third-order valence-corrected chi connectivity index (χ3v) is 6.62. The molecule has 168 valence electrons. The minimum atomic E-state index is -1.18. The molecule has 0 radical (unpaired) electrons. The summed E-state index contributed by atoms with van der Waals surface area (Å²) in [6.45, 7) is 1.75. The second-order valence-corrected chi connectivity index (χ2v) is 8.75. The van der Waals surface area contributed by atoms with Gasteiger partial charge in [-0.2, -0.15) is 0 Å². The highest BCUT2D eigenvalue weighted by Gasteiger charge is 2.23. The van der Waals surface area contributed by atoms with Crippen LogP contribution < -0.4 is 0 Å². The molecule has 0 atom stereocenters. The predicted octanol–water partition coefficient (Wildman–Crippen LogP) is 6.31. The van der Waals surface area contributed by atoms with Gasteiger partial charge in [-0.3, -0.25) is 4.79 Å². The molecule has 0 aliphatic carbocycles. The zero-order valence-corrected chi connectivity index (χ0v) is 18.5. The van der Waals surface area contributed by atoms with Crippen molar-refractivity contribution in [2.75, 3.05) is 0 Å². The van der Waals surface area contributed by atoms with Gasteiger partial charge in [-0.05, 0) is 60.5 Å². The first-order valence-corrected chi connectivity index (χ1v) is 11.0. The number of carboxylic acids is 1. The minimum Gasteiger partial charge on any atom is -0.508 e. The Morgan fingerprint density at radius 2 is 1.74 bits per heavy atom.